The molecule has 1 aliphatic rings. The number of halogens is 1. The van der Waals surface area contributed by atoms with Crippen molar-refractivity contribution in [2.75, 3.05) is 26.7 Å². The lowest BCUT2D eigenvalue weighted by molar-refractivity contribution is -0.132. The zero-order valence-electron chi connectivity index (χ0n) is 12.0. The van der Waals surface area contributed by atoms with Crippen molar-refractivity contribution in [1.29, 1.82) is 0 Å². The molecule has 0 unspecified atom stereocenters. The average molecular weight is 341 g/mol. The summed E-state index contributed by atoms with van der Waals surface area (Å²) in [4.78, 5) is 14.1. The summed E-state index contributed by atoms with van der Waals surface area (Å²) in [5, 5.41) is 3.35. The molecule has 1 aliphatic heterocycles. The first-order chi connectivity index (χ1) is 9.60. The summed E-state index contributed by atoms with van der Waals surface area (Å²) in [6.45, 7) is 4.63. The van der Waals surface area contributed by atoms with Gasteiger partial charge >= 0.3 is 0 Å². The number of hydrogen-bond acceptors (Lipinski definition) is 3. The van der Waals surface area contributed by atoms with Crippen LogP contribution in [0.4, 0.5) is 0 Å². The van der Waals surface area contributed by atoms with Crippen LogP contribution in [-0.4, -0.2) is 43.6 Å². The summed E-state index contributed by atoms with van der Waals surface area (Å²) in [7, 11) is 1.65. The normalized spacial score (nSPS) is 18.9. The first kappa shape index (κ1) is 15.3. The minimum Gasteiger partial charge on any atom is -0.496 e. The van der Waals surface area contributed by atoms with Crippen LogP contribution in [0.3, 0.4) is 0 Å². The van der Waals surface area contributed by atoms with Crippen LogP contribution in [-0.2, 0) is 11.2 Å². The molecule has 4 nitrogen and oxygen atoms in total. The lowest BCUT2D eigenvalue weighted by Crippen LogP contribution is -2.51. The highest BCUT2D eigenvalue weighted by Crippen LogP contribution is 2.26. The van der Waals surface area contributed by atoms with Crippen LogP contribution in [0, 0.1) is 0 Å². The number of carbonyl (C=O) groups excluding carboxylic acids is 1. The van der Waals surface area contributed by atoms with Crippen molar-refractivity contribution in [2.24, 2.45) is 0 Å². The van der Waals surface area contributed by atoms with Crippen molar-refractivity contribution in [1.82, 2.24) is 10.2 Å². The van der Waals surface area contributed by atoms with Crippen LogP contribution in [0.2, 0.25) is 0 Å². The molecule has 2 rings (SSSR count). The van der Waals surface area contributed by atoms with Gasteiger partial charge in [0.25, 0.3) is 0 Å². The third kappa shape index (κ3) is 3.96. The van der Waals surface area contributed by atoms with Gasteiger partial charge in [0.1, 0.15) is 5.75 Å². The zero-order chi connectivity index (χ0) is 14.5. The maximum Gasteiger partial charge on any atom is 0.222 e. The highest BCUT2D eigenvalue weighted by Gasteiger charge is 2.19. The van der Waals surface area contributed by atoms with Gasteiger partial charge in [-0.1, -0.05) is 6.07 Å². The summed E-state index contributed by atoms with van der Waals surface area (Å²) < 4.78 is 6.13. The number of nitrogens with one attached hydrogen (secondary N) is 1. The summed E-state index contributed by atoms with van der Waals surface area (Å²) >= 11 is 3.47. The fourth-order valence-corrected chi connectivity index (χ4v) is 3.02. The van der Waals surface area contributed by atoms with Gasteiger partial charge in [-0.2, -0.15) is 0 Å². The van der Waals surface area contributed by atoms with Gasteiger partial charge in [0.15, 0.2) is 0 Å². The van der Waals surface area contributed by atoms with Crippen molar-refractivity contribution >= 4 is 21.8 Å². The molecule has 0 saturated carbocycles. The van der Waals surface area contributed by atoms with Gasteiger partial charge in [-0.3, -0.25) is 4.79 Å². The van der Waals surface area contributed by atoms with E-state index in [1.807, 2.05) is 23.1 Å². The van der Waals surface area contributed by atoms with Crippen LogP contribution in [0.15, 0.2) is 22.7 Å². The predicted molar refractivity (Wildman–Crippen MR) is 83.1 cm³/mol. The number of methoxy groups -OCH3 is 1. The first-order valence-electron chi connectivity index (χ1n) is 6.93. The Balaban J connectivity index is 1.88. The second-order valence-corrected chi connectivity index (χ2v) is 6.02. The highest BCUT2D eigenvalue weighted by atomic mass is 79.9. The number of nitrogens with zero attached hydrogens (tertiary/aromatic N) is 1. The Morgan fingerprint density at radius 1 is 1.55 bits per heavy atom. The van der Waals surface area contributed by atoms with Crippen molar-refractivity contribution < 1.29 is 9.53 Å². The number of ether oxygens (including phenoxy) is 1. The van der Waals surface area contributed by atoms with Gasteiger partial charge in [0, 0.05) is 32.1 Å². The van der Waals surface area contributed by atoms with Crippen molar-refractivity contribution in [3.8, 4) is 5.75 Å². The molecule has 1 aromatic rings. The summed E-state index contributed by atoms with van der Waals surface area (Å²) in [5.74, 6) is 1.06. The minimum absolute atomic E-state index is 0.241. The van der Waals surface area contributed by atoms with Gasteiger partial charge in [0.05, 0.1) is 11.6 Å². The van der Waals surface area contributed by atoms with Crippen LogP contribution < -0.4 is 10.1 Å². The Bertz CT molecular complexity index is 479. The van der Waals surface area contributed by atoms with Gasteiger partial charge in [-0.05, 0) is 47.0 Å². The fraction of sp³-hybridized carbons (Fsp3) is 0.533. The molecule has 20 heavy (non-hydrogen) atoms. The molecule has 0 aliphatic carbocycles. The van der Waals surface area contributed by atoms with E-state index in [2.05, 4.69) is 28.2 Å². The Hall–Kier alpha value is -1.07. The van der Waals surface area contributed by atoms with Crippen LogP contribution in [0.5, 0.6) is 5.75 Å². The Labute approximate surface area is 128 Å². The van der Waals surface area contributed by atoms with Crippen LogP contribution in [0.1, 0.15) is 18.9 Å². The Morgan fingerprint density at radius 2 is 2.35 bits per heavy atom. The van der Waals surface area contributed by atoms with E-state index in [1.165, 1.54) is 0 Å². The van der Waals surface area contributed by atoms with E-state index in [1.54, 1.807) is 7.11 Å². The average Bonchev–Trinajstić information content (AvgIpc) is 2.45. The Kier molecular flexibility index (Phi) is 5.43. The number of rotatable bonds is 4. The molecule has 0 bridgehead atoms. The summed E-state index contributed by atoms with van der Waals surface area (Å²) in [6.07, 6.45) is 1.32. The topological polar surface area (TPSA) is 41.6 Å². The fourth-order valence-electron chi connectivity index (χ4n) is 2.43. The summed E-state index contributed by atoms with van der Waals surface area (Å²) in [6, 6.07) is 6.35. The van der Waals surface area contributed by atoms with E-state index in [0.717, 1.165) is 41.8 Å². The second-order valence-electron chi connectivity index (χ2n) is 5.16. The molecule has 1 heterocycles. The first-order valence-corrected chi connectivity index (χ1v) is 7.73. The van der Waals surface area contributed by atoms with Crippen LogP contribution in [0.25, 0.3) is 0 Å². The molecule has 0 aromatic heterocycles. The van der Waals surface area contributed by atoms with Gasteiger partial charge < -0.3 is 15.0 Å². The SMILES string of the molecule is COc1ccc(CCC(=O)N2CCN[C@@H](C)C2)cc1Br. The van der Waals surface area contributed by atoms with Gasteiger partial charge in [-0.15, -0.1) is 0 Å². The van der Waals surface area contributed by atoms with E-state index >= 15 is 0 Å². The van der Waals surface area contributed by atoms with Crippen molar-refractivity contribution in [3.63, 3.8) is 0 Å². The highest BCUT2D eigenvalue weighted by molar-refractivity contribution is 9.10. The number of amides is 1. The molecular formula is C15H21BrN2O2. The molecule has 110 valence electrons. The molecule has 0 radical (unpaired) electrons. The third-order valence-electron chi connectivity index (χ3n) is 3.57. The smallest absolute Gasteiger partial charge is 0.222 e. The van der Waals surface area contributed by atoms with E-state index in [9.17, 15) is 4.79 Å². The van der Waals surface area contributed by atoms with Crippen molar-refractivity contribution in [2.45, 2.75) is 25.8 Å². The monoisotopic (exact) mass is 340 g/mol. The lowest BCUT2D eigenvalue weighted by Gasteiger charge is -2.32. The zero-order valence-corrected chi connectivity index (χ0v) is 13.6. The van der Waals surface area contributed by atoms with E-state index < -0.39 is 0 Å². The summed E-state index contributed by atoms with van der Waals surface area (Å²) in [5.41, 5.74) is 1.15. The lowest BCUT2D eigenvalue weighted by atomic mass is 10.1. The van der Waals surface area contributed by atoms with Gasteiger partial charge in [-0.25, -0.2) is 0 Å². The van der Waals surface area contributed by atoms with Crippen molar-refractivity contribution in [3.05, 3.63) is 28.2 Å². The molecule has 1 fully saturated rings. The molecule has 5 heteroatoms. The Morgan fingerprint density at radius 3 is 3.00 bits per heavy atom. The maximum absolute atomic E-state index is 12.2. The molecule has 1 atom stereocenters. The molecule has 1 amide bonds. The molecule has 1 aromatic carbocycles. The minimum atomic E-state index is 0.241. The number of benzene rings is 1. The molecule has 1 saturated heterocycles. The third-order valence-corrected chi connectivity index (χ3v) is 4.18. The van der Waals surface area contributed by atoms with Crippen LogP contribution >= 0.6 is 15.9 Å². The molecule has 0 spiro atoms. The molecule has 1 N–H and O–H groups in total. The number of hydrogen-bond donors (Lipinski definition) is 1. The standard InChI is InChI=1S/C15H21BrN2O2/c1-11-10-18(8-7-17-11)15(19)6-4-12-3-5-14(20-2)13(16)9-12/h3,5,9,11,17H,4,6-8,10H2,1-2H3/t11-/m0/s1. The predicted octanol–water partition coefficient (Wildman–Crippen LogP) is 2.21. The second kappa shape index (κ2) is 7.09. The number of aryl methyl sites for hydroxylation is 1. The largest absolute Gasteiger partial charge is 0.496 e. The quantitative estimate of drug-likeness (QED) is 0.913. The van der Waals surface area contributed by atoms with E-state index in [4.69, 9.17) is 4.74 Å². The number of carbonyl (C=O) groups is 1. The maximum atomic E-state index is 12.2. The van der Waals surface area contributed by atoms with E-state index in [0.29, 0.717) is 12.5 Å². The number of piperazine rings is 1. The van der Waals surface area contributed by atoms with E-state index in [-0.39, 0.29) is 5.91 Å². The molecular weight excluding hydrogens is 320 g/mol. The van der Waals surface area contributed by atoms with Gasteiger partial charge in [0.2, 0.25) is 5.91 Å².